The first-order valence-corrected chi connectivity index (χ1v) is 10.1. The number of alkyl halides is 2. The molecule has 1 aliphatic carbocycles. The normalized spacial score (nSPS) is 26.8. The maximum atomic E-state index is 14.6. The SMILES string of the molecule is C[C@@H]1COc2cc(-c3nc(N4C[C@@H](O)[C@@H]4C)nc4c3CCC4(F)F)ccc2C(=O)N1. The van der Waals surface area contributed by atoms with E-state index in [-0.39, 0.29) is 42.5 Å². The Balaban J connectivity index is 1.63. The predicted octanol–water partition coefficient (Wildman–Crippen LogP) is 2.26. The summed E-state index contributed by atoms with van der Waals surface area (Å²) in [5, 5.41) is 12.7. The molecule has 2 aromatic rings. The molecule has 2 N–H and O–H groups in total. The third-order valence-electron chi connectivity index (χ3n) is 6.09. The molecule has 0 unspecified atom stereocenters. The second-order valence-corrected chi connectivity index (χ2v) is 8.26. The van der Waals surface area contributed by atoms with Gasteiger partial charge in [-0.25, -0.2) is 9.97 Å². The van der Waals surface area contributed by atoms with Crippen molar-refractivity contribution in [3.63, 3.8) is 0 Å². The highest BCUT2D eigenvalue weighted by atomic mass is 19.3. The molecular weight excluding hydrogens is 394 g/mol. The minimum atomic E-state index is -3.02. The first kappa shape index (κ1) is 19.2. The highest BCUT2D eigenvalue weighted by Crippen LogP contribution is 2.45. The van der Waals surface area contributed by atoms with Crippen LogP contribution in [0.1, 0.15) is 41.9 Å². The highest BCUT2D eigenvalue weighted by molar-refractivity contribution is 5.98. The molecule has 7 nitrogen and oxygen atoms in total. The average molecular weight is 416 g/mol. The number of aromatic nitrogens is 2. The molecule has 1 saturated heterocycles. The second-order valence-electron chi connectivity index (χ2n) is 8.26. The van der Waals surface area contributed by atoms with Crippen LogP contribution in [-0.4, -0.2) is 52.3 Å². The van der Waals surface area contributed by atoms with Gasteiger partial charge < -0.3 is 20.1 Å². The van der Waals surface area contributed by atoms with Gasteiger partial charge in [-0.1, -0.05) is 6.07 Å². The molecule has 1 amide bonds. The van der Waals surface area contributed by atoms with Crippen LogP contribution >= 0.6 is 0 Å². The Morgan fingerprint density at radius 3 is 2.83 bits per heavy atom. The molecule has 3 aliphatic rings. The highest BCUT2D eigenvalue weighted by Gasteiger charge is 2.45. The Labute approximate surface area is 172 Å². The topological polar surface area (TPSA) is 87.6 Å². The van der Waals surface area contributed by atoms with E-state index in [1.165, 1.54) is 0 Å². The Morgan fingerprint density at radius 2 is 2.10 bits per heavy atom. The molecule has 3 heterocycles. The van der Waals surface area contributed by atoms with E-state index < -0.39 is 12.0 Å². The molecule has 30 heavy (non-hydrogen) atoms. The number of anilines is 1. The zero-order chi connectivity index (χ0) is 21.2. The van der Waals surface area contributed by atoms with Crippen molar-refractivity contribution in [3.8, 4) is 17.0 Å². The van der Waals surface area contributed by atoms with Gasteiger partial charge in [-0.2, -0.15) is 8.78 Å². The van der Waals surface area contributed by atoms with Crippen LogP contribution in [0.15, 0.2) is 18.2 Å². The molecule has 0 radical (unpaired) electrons. The predicted molar refractivity (Wildman–Crippen MR) is 105 cm³/mol. The van der Waals surface area contributed by atoms with Crippen molar-refractivity contribution in [3.05, 3.63) is 35.0 Å². The molecule has 3 atom stereocenters. The van der Waals surface area contributed by atoms with Crippen LogP contribution in [-0.2, 0) is 12.3 Å². The summed E-state index contributed by atoms with van der Waals surface area (Å²) in [4.78, 5) is 22.9. The van der Waals surface area contributed by atoms with Crippen LogP contribution < -0.4 is 15.0 Å². The van der Waals surface area contributed by atoms with E-state index >= 15 is 0 Å². The number of carbonyl (C=O) groups excluding carboxylic acids is 1. The maximum absolute atomic E-state index is 14.6. The molecular formula is C21H22F2N4O3. The Bertz CT molecular complexity index is 1050. The van der Waals surface area contributed by atoms with Crippen molar-refractivity contribution < 1.29 is 23.4 Å². The fourth-order valence-electron chi connectivity index (χ4n) is 4.17. The van der Waals surface area contributed by atoms with Crippen molar-refractivity contribution in [1.82, 2.24) is 15.3 Å². The zero-order valence-corrected chi connectivity index (χ0v) is 16.7. The number of aliphatic hydroxyl groups is 1. The van der Waals surface area contributed by atoms with Crippen LogP contribution in [0.2, 0.25) is 0 Å². The zero-order valence-electron chi connectivity index (χ0n) is 16.7. The first-order valence-electron chi connectivity index (χ1n) is 10.1. The monoisotopic (exact) mass is 416 g/mol. The molecule has 5 rings (SSSR count). The van der Waals surface area contributed by atoms with Crippen molar-refractivity contribution in [2.24, 2.45) is 0 Å². The van der Waals surface area contributed by atoms with Gasteiger partial charge in [0.25, 0.3) is 11.8 Å². The first-order chi connectivity index (χ1) is 14.2. The number of amides is 1. The molecule has 1 fully saturated rings. The van der Waals surface area contributed by atoms with Gasteiger partial charge in [0.1, 0.15) is 18.1 Å². The molecule has 0 saturated carbocycles. The number of aliphatic hydroxyl groups excluding tert-OH is 1. The summed E-state index contributed by atoms with van der Waals surface area (Å²) >= 11 is 0. The van der Waals surface area contributed by atoms with E-state index in [0.717, 1.165) is 0 Å². The number of carbonyl (C=O) groups is 1. The van der Waals surface area contributed by atoms with Gasteiger partial charge in [0.05, 0.1) is 29.4 Å². The average Bonchev–Trinajstić information content (AvgIpc) is 2.95. The lowest BCUT2D eigenvalue weighted by atomic mass is 10.0. The smallest absolute Gasteiger partial charge is 0.290 e. The summed E-state index contributed by atoms with van der Waals surface area (Å²) in [7, 11) is 0. The van der Waals surface area contributed by atoms with Gasteiger partial charge in [0, 0.05) is 24.1 Å². The van der Waals surface area contributed by atoms with Gasteiger partial charge >= 0.3 is 0 Å². The third-order valence-corrected chi connectivity index (χ3v) is 6.09. The summed E-state index contributed by atoms with van der Waals surface area (Å²) in [6, 6.07) is 4.64. The van der Waals surface area contributed by atoms with E-state index in [4.69, 9.17) is 4.74 Å². The summed E-state index contributed by atoms with van der Waals surface area (Å²) < 4.78 is 34.9. The third kappa shape index (κ3) is 2.91. The Kier molecular flexibility index (Phi) is 4.22. The Hall–Kier alpha value is -2.81. The number of ether oxygens (including phenoxy) is 1. The second kappa shape index (κ2) is 6.60. The lowest BCUT2D eigenvalue weighted by molar-refractivity contribution is -0.00603. The number of hydrogen-bond donors (Lipinski definition) is 2. The standard InChI is InChI=1S/C21H22F2N4O3/c1-10-9-30-16-7-12(3-4-13(16)19(29)24-10)17-14-5-6-21(22,23)18(14)26-20(25-17)27-8-15(28)11(27)2/h3-4,7,10-11,15,28H,5-6,8-9H2,1-2H3,(H,24,29)/t10-,11+,15-/m1/s1. The van der Waals surface area contributed by atoms with Gasteiger partial charge in [0.2, 0.25) is 5.95 Å². The minimum Gasteiger partial charge on any atom is -0.491 e. The molecule has 0 bridgehead atoms. The summed E-state index contributed by atoms with van der Waals surface area (Å²) in [6.45, 7) is 4.27. The maximum Gasteiger partial charge on any atom is 0.290 e. The fourth-order valence-corrected chi connectivity index (χ4v) is 4.17. The quantitative estimate of drug-likeness (QED) is 0.781. The van der Waals surface area contributed by atoms with Gasteiger partial charge in [-0.05, 0) is 32.4 Å². The van der Waals surface area contributed by atoms with Crippen molar-refractivity contribution in [2.45, 2.75) is 50.8 Å². The van der Waals surface area contributed by atoms with Crippen molar-refractivity contribution in [1.29, 1.82) is 0 Å². The summed E-state index contributed by atoms with van der Waals surface area (Å²) in [5.41, 5.74) is 1.59. The molecule has 158 valence electrons. The van der Waals surface area contributed by atoms with Crippen LogP contribution in [0, 0.1) is 0 Å². The van der Waals surface area contributed by atoms with Crippen molar-refractivity contribution >= 4 is 11.9 Å². The van der Waals surface area contributed by atoms with Gasteiger partial charge in [0.15, 0.2) is 0 Å². The number of halogens is 2. The lowest BCUT2D eigenvalue weighted by Gasteiger charge is -2.43. The fraction of sp³-hybridized carbons (Fsp3) is 0.476. The lowest BCUT2D eigenvalue weighted by Crippen LogP contribution is -2.59. The van der Waals surface area contributed by atoms with Crippen molar-refractivity contribution in [2.75, 3.05) is 18.1 Å². The molecule has 1 aromatic heterocycles. The van der Waals surface area contributed by atoms with E-state index in [9.17, 15) is 18.7 Å². The largest absolute Gasteiger partial charge is 0.491 e. The number of β-amino-alcohol motifs (C(OH)–C–C–N with tert-alkyl or cyclic N) is 1. The number of nitrogens with one attached hydrogen (secondary N) is 1. The van der Waals surface area contributed by atoms with Gasteiger partial charge in [-0.15, -0.1) is 0 Å². The minimum absolute atomic E-state index is 0.138. The van der Waals surface area contributed by atoms with Crippen LogP contribution in [0.3, 0.4) is 0 Å². The number of benzene rings is 1. The van der Waals surface area contributed by atoms with Crippen LogP contribution in [0.25, 0.3) is 11.3 Å². The number of fused-ring (bicyclic) bond motifs is 2. The van der Waals surface area contributed by atoms with E-state index in [1.807, 2.05) is 6.92 Å². The summed E-state index contributed by atoms with van der Waals surface area (Å²) in [6.07, 6.45) is -0.675. The molecule has 0 spiro atoms. The van der Waals surface area contributed by atoms with Crippen LogP contribution in [0.4, 0.5) is 14.7 Å². The molecule has 2 aliphatic heterocycles. The number of rotatable bonds is 2. The van der Waals surface area contributed by atoms with E-state index in [2.05, 4.69) is 15.3 Å². The molecule has 1 aromatic carbocycles. The Morgan fingerprint density at radius 1 is 1.30 bits per heavy atom. The number of nitrogens with zero attached hydrogens (tertiary/aromatic N) is 3. The van der Waals surface area contributed by atoms with E-state index in [1.54, 1.807) is 30.0 Å². The van der Waals surface area contributed by atoms with E-state index in [0.29, 0.717) is 41.3 Å². The number of hydrogen-bond acceptors (Lipinski definition) is 6. The van der Waals surface area contributed by atoms with Crippen LogP contribution in [0.5, 0.6) is 5.75 Å². The van der Waals surface area contributed by atoms with Gasteiger partial charge in [-0.3, -0.25) is 4.79 Å². The summed E-state index contributed by atoms with van der Waals surface area (Å²) in [5.74, 6) is -2.66. The molecule has 9 heteroatoms.